The molecular weight excluding hydrogens is 293 g/mol. The normalized spacial score (nSPS) is 11.5. The molecule has 0 spiro atoms. The summed E-state index contributed by atoms with van der Waals surface area (Å²) in [5.41, 5.74) is 0.530. The molecule has 0 bridgehead atoms. The quantitative estimate of drug-likeness (QED) is 0.440. The number of nitrogens with zero attached hydrogens (tertiary/aromatic N) is 1. The van der Waals surface area contributed by atoms with E-state index in [4.69, 9.17) is 16.3 Å². The molecule has 0 aliphatic heterocycles. The second kappa shape index (κ2) is 10.4. The number of hydrogen-bond acceptors (Lipinski definition) is 2. The summed E-state index contributed by atoms with van der Waals surface area (Å²) in [7, 11) is 1.67. The maximum atomic E-state index is 13.6. The van der Waals surface area contributed by atoms with Crippen molar-refractivity contribution in [3.63, 3.8) is 0 Å². The SMILES string of the molecule is CCNC(=NCCCOC)NCCc1c(F)cccc1Cl. The molecule has 118 valence electrons. The van der Waals surface area contributed by atoms with Crippen LogP contribution in [0.2, 0.25) is 5.02 Å². The zero-order chi connectivity index (χ0) is 15.5. The molecule has 0 radical (unpaired) electrons. The molecule has 4 nitrogen and oxygen atoms in total. The van der Waals surface area contributed by atoms with Gasteiger partial charge in [-0.3, -0.25) is 4.99 Å². The largest absolute Gasteiger partial charge is 0.385 e. The first-order valence-corrected chi connectivity index (χ1v) is 7.50. The van der Waals surface area contributed by atoms with Crippen LogP contribution in [-0.2, 0) is 11.2 Å². The average Bonchev–Trinajstić information content (AvgIpc) is 2.46. The Bertz CT molecular complexity index is 434. The van der Waals surface area contributed by atoms with E-state index in [0.717, 1.165) is 18.9 Å². The monoisotopic (exact) mass is 315 g/mol. The number of ether oxygens (including phenoxy) is 1. The van der Waals surface area contributed by atoms with E-state index >= 15 is 0 Å². The van der Waals surface area contributed by atoms with Crippen molar-refractivity contribution < 1.29 is 9.13 Å². The Morgan fingerprint density at radius 1 is 1.38 bits per heavy atom. The maximum absolute atomic E-state index is 13.6. The minimum absolute atomic E-state index is 0.272. The molecule has 21 heavy (non-hydrogen) atoms. The molecule has 0 saturated carbocycles. The fourth-order valence-electron chi connectivity index (χ4n) is 1.82. The standard InChI is InChI=1S/C15H23ClFN3O/c1-3-18-15(19-9-5-11-21-2)20-10-8-12-13(16)6-4-7-14(12)17/h4,6-7H,3,5,8-11H2,1-2H3,(H2,18,19,20). The molecule has 1 rings (SSSR count). The fourth-order valence-corrected chi connectivity index (χ4v) is 2.08. The molecular formula is C15H23ClFN3O. The molecule has 0 atom stereocenters. The van der Waals surface area contributed by atoms with Gasteiger partial charge in [0.15, 0.2) is 5.96 Å². The number of benzene rings is 1. The van der Waals surface area contributed by atoms with Crippen molar-refractivity contribution in [3.05, 3.63) is 34.6 Å². The van der Waals surface area contributed by atoms with E-state index in [1.54, 1.807) is 19.2 Å². The summed E-state index contributed by atoms with van der Waals surface area (Å²) in [6.07, 6.45) is 1.38. The molecule has 6 heteroatoms. The lowest BCUT2D eigenvalue weighted by atomic mass is 10.1. The molecule has 0 aliphatic carbocycles. The number of methoxy groups -OCH3 is 1. The van der Waals surface area contributed by atoms with Crippen molar-refractivity contribution in [1.82, 2.24) is 10.6 Å². The molecule has 0 heterocycles. The van der Waals surface area contributed by atoms with Gasteiger partial charge in [0.2, 0.25) is 0 Å². The Balaban J connectivity index is 2.46. The minimum atomic E-state index is -0.272. The zero-order valence-corrected chi connectivity index (χ0v) is 13.3. The minimum Gasteiger partial charge on any atom is -0.385 e. The van der Waals surface area contributed by atoms with Gasteiger partial charge in [-0.25, -0.2) is 4.39 Å². The Morgan fingerprint density at radius 2 is 2.19 bits per heavy atom. The second-order valence-electron chi connectivity index (χ2n) is 4.48. The molecule has 0 fully saturated rings. The lowest BCUT2D eigenvalue weighted by Gasteiger charge is -2.12. The third kappa shape index (κ3) is 6.78. The van der Waals surface area contributed by atoms with Crippen LogP contribution >= 0.6 is 11.6 Å². The highest BCUT2D eigenvalue weighted by Gasteiger charge is 2.06. The van der Waals surface area contributed by atoms with Gasteiger partial charge < -0.3 is 15.4 Å². The van der Waals surface area contributed by atoms with Crippen LogP contribution in [0.3, 0.4) is 0 Å². The van der Waals surface area contributed by atoms with Crippen LogP contribution in [-0.4, -0.2) is 39.3 Å². The van der Waals surface area contributed by atoms with Crippen molar-refractivity contribution in [2.75, 3.05) is 33.4 Å². The van der Waals surface area contributed by atoms with Gasteiger partial charge in [0.1, 0.15) is 5.82 Å². The highest BCUT2D eigenvalue weighted by molar-refractivity contribution is 6.31. The van der Waals surface area contributed by atoms with E-state index in [-0.39, 0.29) is 5.82 Å². The van der Waals surface area contributed by atoms with Crippen molar-refractivity contribution in [2.24, 2.45) is 4.99 Å². The summed E-state index contributed by atoms with van der Waals surface area (Å²) >= 11 is 6.00. The van der Waals surface area contributed by atoms with Crippen LogP contribution < -0.4 is 10.6 Å². The van der Waals surface area contributed by atoms with Gasteiger partial charge in [0.25, 0.3) is 0 Å². The van der Waals surface area contributed by atoms with E-state index in [9.17, 15) is 4.39 Å². The number of halogens is 2. The topological polar surface area (TPSA) is 45.7 Å². The van der Waals surface area contributed by atoms with Crippen molar-refractivity contribution >= 4 is 17.6 Å². The van der Waals surface area contributed by atoms with Crippen LogP contribution in [0.1, 0.15) is 18.9 Å². The molecule has 0 unspecified atom stereocenters. The molecule has 2 N–H and O–H groups in total. The summed E-state index contributed by atoms with van der Waals surface area (Å²) in [6, 6.07) is 4.73. The summed E-state index contributed by atoms with van der Waals surface area (Å²) in [5, 5.41) is 6.78. The number of rotatable bonds is 8. The third-order valence-electron chi connectivity index (χ3n) is 2.85. The van der Waals surface area contributed by atoms with Crippen LogP contribution in [0.5, 0.6) is 0 Å². The van der Waals surface area contributed by atoms with E-state index < -0.39 is 0 Å². The van der Waals surface area contributed by atoms with Gasteiger partial charge >= 0.3 is 0 Å². The number of hydrogen-bond donors (Lipinski definition) is 2. The number of aliphatic imine (C=N–C) groups is 1. The van der Waals surface area contributed by atoms with Gasteiger partial charge in [0, 0.05) is 43.9 Å². The van der Waals surface area contributed by atoms with Gasteiger partial charge in [0.05, 0.1) is 0 Å². The van der Waals surface area contributed by atoms with Gasteiger partial charge in [-0.2, -0.15) is 0 Å². The van der Waals surface area contributed by atoms with Gasteiger partial charge in [-0.05, 0) is 31.9 Å². The molecule has 0 saturated heterocycles. The van der Waals surface area contributed by atoms with Crippen LogP contribution in [0.25, 0.3) is 0 Å². The molecule has 1 aromatic carbocycles. The molecule has 0 aliphatic rings. The maximum Gasteiger partial charge on any atom is 0.191 e. The summed E-state index contributed by atoms with van der Waals surface area (Å²) in [4.78, 5) is 4.41. The smallest absolute Gasteiger partial charge is 0.191 e. The third-order valence-corrected chi connectivity index (χ3v) is 3.20. The lowest BCUT2D eigenvalue weighted by molar-refractivity contribution is 0.197. The first-order valence-electron chi connectivity index (χ1n) is 7.13. The fraction of sp³-hybridized carbons (Fsp3) is 0.533. The summed E-state index contributed by atoms with van der Waals surface area (Å²) < 4.78 is 18.6. The second-order valence-corrected chi connectivity index (χ2v) is 4.89. The van der Waals surface area contributed by atoms with E-state index in [0.29, 0.717) is 36.7 Å². The highest BCUT2D eigenvalue weighted by Crippen LogP contribution is 2.18. The van der Waals surface area contributed by atoms with E-state index in [2.05, 4.69) is 15.6 Å². The first kappa shape index (κ1) is 17.7. The predicted octanol–water partition coefficient (Wildman–Crippen LogP) is 2.61. The zero-order valence-electron chi connectivity index (χ0n) is 12.6. The van der Waals surface area contributed by atoms with Crippen molar-refractivity contribution in [1.29, 1.82) is 0 Å². The Morgan fingerprint density at radius 3 is 2.86 bits per heavy atom. The Kier molecular flexibility index (Phi) is 8.78. The van der Waals surface area contributed by atoms with Gasteiger partial charge in [-0.15, -0.1) is 0 Å². The number of nitrogens with one attached hydrogen (secondary N) is 2. The van der Waals surface area contributed by atoms with E-state index in [1.165, 1.54) is 6.07 Å². The van der Waals surface area contributed by atoms with Crippen molar-refractivity contribution in [3.8, 4) is 0 Å². The summed E-state index contributed by atoms with van der Waals surface area (Å²) in [5.74, 6) is 0.451. The van der Waals surface area contributed by atoms with Crippen LogP contribution in [0, 0.1) is 5.82 Å². The Hall–Kier alpha value is -1.33. The first-order chi connectivity index (χ1) is 10.2. The number of guanidine groups is 1. The lowest BCUT2D eigenvalue weighted by Crippen LogP contribution is -2.38. The highest BCUT2D eigenvalue weighted by atomic mass is 35.5. The van der Waals surface area contributed by atoms with Crippen LogP contribution in [0.4, 0.5) is 4.39 Å². The van der Waals surface area contributed by atoms with Crippen molar-refractivity contribution in [2.45, 2.75) is 19.8 Å². The van der Waals surface area contributed by atoms with Gasteiger partial charge in [-0.1, -0.05) is 17.7 Å². The summed E-state index contributed by atoms with van der Waals surface area (Å²) in [6.45, 7) is 4.71. The average molecular weight is 316 g/mol. The Labute approximate surface area is 130 Å². The molecule has 0 amide bonds. The predicted molar refractivity (Wildman–Crippen MR) is 85.6 cm³/mol. The molecule has 0 aromatic heterocycles. The van der Waals surface area contributed by atoms with E-state index in [1.807, 2.05) is 6.92 Å². The van der Waals surface area contributed by atoms with Crippen LogP contribution in [0.15, 0.2) is 23.2 Å². The molecule has 1 aromatic rings.